The number of carbonyl (C=O) groups is 1. The number of piperidine rings is 2. The number of rotatable bonds is 3. The molecule has 2 unspecified atom stereocenters. The summed E-state index contributed by atoms with van der Waals surface area (Å²) in [5.74, 6) is 0.660. The average Bonchev–Trinajstić information content (AvgIpc) is 2.49. The molecule has 0 aliphatic carbocycles. The fourth-order valence-electron chi connectivity index (χ4n) is 3.90. The smallest absolute Gasteiger partial charge is 0.243 e. The first-order chi connectivity index (χ1) is 9.57. The van der Waals surface area contributed by atoms with Gasteiger partial charge in [-0.25, -0.2) is 0 Å². The van der Waals surface area contributed by atoms with Gasteiger partial charge in [0.2, 0.25) is 5.91 Å². The first kappa shape index (κ1) is 15.3. The molecule has 2 rings (SSSR count). The Bertz CT molecular complexity index is 397. The molecule has 0 spiro atoms. The number of likely N-dealkylation sites (tertiary alicyclic amines) is 2. The number of nitriles is 1. The van der Waals surface area contributed by atoms with Crippen molar-refractivity contribution in [1.29, 1.82) is 5.26 Å². The van der Waals surface area contributed by atoms with E-state index in [9.17, 15) is 10.1 Å². The fourth-order valence-corrected chi connectivity index (χ4v) is 3.90. The van der Waals surface area contributed by atoms with Crippen LogP contribution >= 0.6 is 0 Å². The maximum Gasteiger partial charge on any atom is 0.243 e. The molecule has 4 nitrogen and oxygen atoms in total. The second kappa shape index (κ2) is 6.13. The number of hydrogen-bond acceptors (Lipinski definition) is 3. The number of hydrogen-bond donors (Lipinski definition) is 0. The number of carbonyl (C=O) groups excluding carboxylic acids is 1. The van der Waals surface area contributed by atoms with Gasteiger partial charge in [0.15, 0.2) is 0 Å². The molecule has 0 bridgehead atoms. The quantitative estimate of drug-likeness (QED) is 0.795. The van der Waals surface area contributed by atoms with Crippen LogP contribution in [0, 0.1) is 22.7 Å². The van der Waals surface area contributed by atoms with Crippen LogP contribution in [0.5, 0.6) is 0 Å². The van der Waals surface area contributed by atoms with Crippen molar-refractivity contribution in [3.63, 3.8) is 0 Å². The molecule has 0 N–H and O–H groups in total. The summed E-state index contributed by atoms with van der Waals surface area (Å²) in [6.07, 6.45) is 4.73. The minimum atomic E-state index is -0.798. The average molecular weight is 277 g/mol. The molecular weight excluding hydrogens is 250 g/mol. The molecule has 1 amide bonds. The summed E-state index contributed by atoms with van der Waals surface area (Å²) in [4.78, 5) is 17.2. The van der Waals surface area contributed by atoms with E-state index < -0.39 is 5.41 Å². The zero-order valence-corrected chi connectivity index (χ0v) is 13.1. The first-order valence-electron chi connectivity index (χ1n) is 7.98. The molecular formula is C16H27N3O. The molecule has 0 saturated carbocycles. The lowest BCUT2D eigenvalue weighted by Gasteiger charge is -2.47. The van der Waals surface area contributed by atoms with Crippen molar-refractivity contribution in [2.75, 3.05) is 26.7 Å². The van der Waals surface area contributed by atoms with Crippen LogP contribution in [0.1, 0.15) is 46.0 Å². The van der Waals surface area contributed by atoms with Crippen molar-refractivity contribution < 1.29 is 4.79 Å². The van der Waals surface area contributed by atoms with E-state index in [2.05, 4.69) is 18.0 Å². The number of amides is 1. The van der Waals surface area contributed by atoms with Gasteiger partial charge in [-0.15, -0.1) is 0 Å². The van der Waals surface area contributed by atoms with Crippen molar-refractivity contribution in [2.45, 2.75) is 52.0 Å². The summed E-state index contributed by atoms with van der Waals surface area (Å²) in [6.45, 7) is 6.74. The molecule has 0 aromatic heterocycles. The standard InChI is InChI=1S/C16H27N3O/c1-4-16(5-2,12-17)15(20)19-10-8-14-13(11-19)7-6-9-18(14)3/h13-14H,4-11H2,1-3H3. The second-order valence-corrected chi connectivity index (χ2v) is 6.39. The summed E-state index contributed by atoms with van der Waals surface area (Å²) in [5.41, 5.74) is -0.798. The Balaban J connectivity index is 2.08. The normalized spacial score (nSPS) is 27.8. The highest BCUT2D eigenvalue weighted by atomic mass is 16.2. The zero-order chi connectivity index (χ0) is 14.8. The highest BCUT2D eigenvalue weighted by molar-refractivity contribution is 5.85. The van der Waals surface area contributed by atoms with E-state index in [1.165, 1.54) is 19.4 Å². The van der Waals surface area contributed by atoms with E-state index in [1.54, 1.807) is 0 Å². The Morgan fingerprint density at radius 1 is 1.30 bits per heavy atom. The van der Waals surface area contributed by atoms with Gasteiger partial charge < -0.3 is 9.80 Å². The molecule has 2 saturated heterocycles. The molecule has 2 fully saturated rings. The van der Waals surface area contributed by atoms with Gasteiger partial charge in [0, 0.05) is 19.1 Å². The topological polar surface area (TPSA) is 47.3 Å². The van der Waals surface area contributed by atoms with Crippen LogP contribution in [-0.4, -0.2) is 48.4 Å². The van der Waals surface area contributed by atoms with Crippen LogP contribution in [-0.2, 0) is 4.79 Å². The first-order valence-corrected chi connectivity index (χ1v) is 7.98. The van der Waals surface area contributed by atoms with Crippen molar-refractivity contribution in [1.82, 2.24) is 9.80 Å². The molecule has 4 heteroatoms. The molecule has 2 heterocycles. The Morgan fingerprint density at radius 2 is 2.00 bits per heavy atom. The second-order valence-electron chi connectivity index (χ2n) is 6.39. The summed E-state index contributed by atoms with van der Waals surface area (Å²) in [5, 5.41) is 9.45. The molecule has 20 heavy (non-hydrogen) atoms. The van der Waals surface area contributed by atoms with Gasteiger partial charge in [0.25, 0.3) is 0 Å². The Labute approximate surface area is 122 Å². The Kier molecular flexibility index (Phi) is 4.70. The summed E-state index contributed by atoms with van der Waals surface area (Å²) in [7, 11) is 2.20. The van der Waals surface area contributed by atoms with Crippen LogP contribution in [0.4, 0.5) is 0 Å². The Hall–Kier alpha value is -1.08. The van der Waals surface area contributed by atoms with Gasteiger partial charge >= 0.3 is 0 Å². The molecule has 2 aliphatic heterocycles. The van der Waals surface area contributed by atoms with E-state index in [1.807, 2.05) is 18.7 Å². The SMILES string of the molecule is CCC(C#N)(CC)C(=O)N1CCC2C(CCCN2C)C1. The van der Waals surface area contributed by atoms with Gasteiger partial charge in [-0.3, -0.25) is 4.79 Å². The summed E-state index contributed by atoms with van der Waals surface area (Å²) >= 11 is 0. The van der Waals surface area contributed by atoms with Crippen LogP contribution in [0.3, 0.4) is 0 Å². The van der Waals surface area contributed by atoms with Crippen molar-refractivity contribution in [3.05, 3.63) is 0 Å². The third-order valence-electron chi connectivity index (χ3n) is 5.46. The van der Waals surface area contributed by atoms with Crippen LogP contribution < -0.4 is 0 Å². The fraction of sp³-hybridized carbons (Fsp3) is 0.875. The van der Waals surface area contributed by atoms with Gasteiger partial charge in [-0.05, 0) is 51.6 Å². The van der Waals surface area contributed by atoms with Crippen molar-refractivity contribution in [2.24, 2.45) is 11.3 Å². The lowest BCUT2D eigenvalue weighted by molar-refractivity contribution is -0.143. The van der Waals surface area contributed by atoms with Crippen LogP contribution in [0.25, 0.3) is 0 Å². The Morgan fingerprint density at radius 3 is 2.60 bits per heavy atom. The summed E-state index contributed by atoms with van der Waals surface area (Å²) < 4.78 is 0. The van der Waals surface area contributed by atoms with E-state index in [0.717, 1.165) is 19.5 Å². The maximum atomic E-state index is 12.8. The van der Waals surface area contributed by atoms with E-state index >= 15 is 0 Å². The van der Waals surface area contributed by atoms with Crippen LogP contribution in [0.15, 0.2) is 0 Å². The minimum Gasteiger partial charge on any atom is -0.341 e. The molecule has 0 radical (unpaired) electrons. The molecule has 2 atom stereocenters. The van der Waals surface area contributed by atoms with Gasteiger partial charge in [0.1, 0.15) is 5.41 Å². The highest BCUT2D eigenvalue weighted by Crippen LogP contribution is 2.34. The number of fused-ring (bicyclic) bond motifs is 1. The summed E-state index contributed by atoms with van der Waals surface area (Å²) in [6, 6.07) is 2.92. The lowest BCUT2D eigenvalue weighted by atomic mass is 9.79. The maximum absolute atomic E-state index is 12.8. The molecule has 2 aliphatic rings. The predicted octanol–water partition coefficient (Wildman–Crippen LogP) is 2.26. The van der Waals surface area contributed by atoms with E-state index in [0.29, 0.717) is 24.8 Å². The molecule has 112 valence electrons. The minimum absolute atomic E-state index is 0.0664. The number of nitrogens with zero attached hydrogens (tertiary/aromatic N) is 3. The van der Waals surface area contributed by atoms with E-state index in [4.69, 9.17) is 0 Å². The van der Waals surface area contributed by atoms with E-state index in [-0.39, 0.29) is 5.91 Å². The van der Waals surface area contributed by atoms with Crippen molar-refractivity contribution >= 4 is 5.91 Å². The molecule has 0 aromatic rings. The third-order valence-corrected chi connectivity index (χ3v) is 5.46. The lowest BCUT2D eigenvalue weighted by Crippen LogP contribution is -2.56. The van der Waals surface area contributed by atoms with Gasteiger partial charge in [-0.2, -0.15) is 5.26 Å². The largest absolute Gasteiger partial charge is 0.341 e. The highest BCUT2D eigenvalue weighted by Gasteiger charge is 2.42. The third kappa shape index (κ3) is 2.56. The van der Waals surface area contributed by atoms with Gasteiger partial charge in [-0.1, -0.05) is 13.8 Å². The zero-order valence-electron chi connectivity index (χ0n) is 13.1. The monoisotopic (exact) mass is 277 g/mol. The molecule has 0 aromatic carbocycles. The predicted molar refractivity (Wildman–Crippen MR) is 79.0 cm³/mol. The van der Waals surface area contributed by atoms with Gasteiger partial charge in [0.05, 0.1) is 6.07 Å². The van der Waals surface area contributed by atoms with Crippen LogP contribution in [0.2, 0.25) is 0 Å². The van der Waals surface area contributed by atoms with Crippen molar-refractivity contribution in [3.8, 4) is 6.07 Å².